The molecular formula is C13H12F3N. The smallest absolute Gasteiger partial charge is 0.320 e. The van der Waals surface area contributed by atoms with Gasteiger partial charge in [0.25, 0.3) is 0 Å². The number of alkyl halides is 3. The Morgan fingerprint density at radius 3 is 2.18 bits per heavy atom. The zero-order valence-electron chi connectivity index (χ0n) is 9.55. The van der Waals surface area contributed by atoms with Gasteiger partial charge in [0.1, 0.15) is 0 Å². The second kappa shape index (κ2) is 3.95. The van der Waals surface area contributed by atoms with Crippen LogP contribution in [-0.4, -0.2) is 4.57 Å². The summed E-state index contributed by atoms with van der Waals surface area (Å²) < 4.78 is 40.1. The molecule has 0 atom stereocenters. The number of aryl methyl sites for hydroxylation is 1. The third-order valence-electron chi connectivity index (χ3n) is 2.87. The van der Waals surface area contributed by atoms with Crippen molar-refractivity contribution in [1.82, 2.24) is 4.57 Å². The number of rotatable bonds is 1. The van der Waals surface area contributed by atoms with Crippen LogP contribution in [0.3, 0.4) is 0 Å². The highest BCUT2D eigenvalue weighted by Gasteiger charge is 2.33. The molecule has 0 saturated carbocycles. The molecule has 0 amide bonds. The molecule has 2 rings (SSSR count). The number of para-hydroxylation sites is 1. The molecule has 0 unspecified atom stereocenters. The molecule has 4 heteroatoms. The van der Waals surface area contributed by atoms with Crippen LogP contribution in [0.25, 0.3) is 5.69 Å². The van der Waals surface area contributed by atoms with Gasteiger partial charge in [0.15, 0.2) is 0 Å². The van der Waals surface area contributed by atoms with Crippen molar-refractivity contribution in [3.8, 4) is 5.69 Å². The lowest BCUT2D eigenvalue weighted by Gasteiger charge is -2.15. The third-order valence-corrected chi connectivity index (χ3v) is 2.87. The summed E-state index contributed by atoms with van der Waals surface area (Å²) in [5.74, 6) is 0. The summed E-state index contributed by atoms with van der Waals surface area (Å²) >= 11 is 0. The summed E-state index contributed by atoms with van der Waals surface area (Å²) in [7, 11) is 0. The van der Waals surface area contributed by atoms with Crippen molar-refractivity contribution in [3.63, 3.8) is 0 Å². The molecule has 0 saturated heterocycles. The zero-order chi connectivity index (χ0) is 12.6. The summed E-state index contributed by atoms with van der Waals surface area (Å²) in [5.41, 5.74) is 1.35. The van der Waals surface area contributed by atoms with Crippen molar-refractivity contribution in [2.24, 2.45) is 0 Å². The predicted octanol–water partition coefficient (Wildman–Crippen LogP) is 4.11. The largest absolute Gasteiger partial charge is 0.418 e. The van der Waals surface area contributed by atoms with Gasteiger partial charge >= 0.3 is 6.18 Å². The van der Waals surface area contributed by atoms with Gasteiger partial charge in [-0.05, 0) is 37.6 Å². The average molecular weight is 239 g/mol. The fourth-order valence-corrected chi connectivity index (χ4v) is 1.79. The number of aromatic nitrogens is 1. The van der Waals surface area contributed by atoms with E-state index in [2.05, 4.69) is 0 Å². The van der Waals surface area contributed by atoms with Gasteiger partial charge < -0.3 is 4.57 Å². The quantitative estimate of drug-likeness (QED) is 0.705. The lowest BCUT2D eigenvalue weighted by atomic mass is 10.1. The van der Waals surface area contributed by atoms with Gasteiger partial charge in [0, 0.05) is 11.9 Å². The molecule has 17 heavy (non-hydrogen) atoms. The molecule has 0 bridgehead atoms. The van der Waals surface area contributed by atoms with Crippen LogP contribution in [0, 0.1) is 13.8 Å². The summed E-state index contributed by atoms with van der Waals surface area (Å²) in [4.78, 5) is 0. The lowest BCUT2D eigenvalue weighted by molar-refractivity contribution is -0.137. The van der Waals surface area contributed by atoms with Crippen LogP contribution in [0.1, 0.15) is 16.8 Å². The Kier molecular flexibility index (Phi) is 2.73. The van der Waals surface area contributed by atoms with Crippen LogP contribution < -0.4 is 0 Å². The average Bonchev–Trinajstić information content (AvgIpc) is 2.59. The fourth-order valence-electron chi connectivity index (χ4n) is 1.79. The van der Waals surface area contributed by atoms with Crippen LogP contribution >= 0.6 is 0 Å². The fraction of sp³-hybridized carbons (Fsp3) is 0.231. The van der Waals surface area contributed by atoms with E-state index in [1.54, 1.807) is 16.8 Å². The lowest BCUT2D eigenvalue weighted by Crippen LogP contribution is -2.10. The molecule has 0 radical (unpaired) electrons. The molecule has 1 aromatic heterocycles. The third kappa shape index (κ3) is 2.07. The molecule has 0 aliphatic carbocycles. The Morgan fingerprint density at radius 1 is 1.00 bits per heavy atom. The van der Waals surface area contributed by atoms with Crippen LogP contribution in [0.15, 0.2) is 36.5 Å². The topological polar surface area (TPSA) is 4.93 Å². The number of benzene rings is 1. The van der Waals surface area contributed by atoms with Gasteiger partial charge in [-0.15, -0.1) is 0 Å². The maximum Gasteiger partial charge on any atom is 0.418 e. The first-order valence-electron chi connectivity index (χ1n) is 5.22. The van der Waals surface area contributed by atoms with E-state index in [1.165, 1.54) is 12.1 Å². The van der Waals surface area contributed by atoms with E-state index < -0.39 is 11.7 Å². The second-order valence-corrected chi connectivity index (χ2v) is 3.97. The van der Waals surface area contributed by atoms with Crippen molar-refractivity contribution in [3.05, 3.63) is 53.3 Å². The monoisotopic (exact) mass is 239 g/mol. The van der Waals surface area contributed by atoms with Gasteiger partial charge in [-0.2, -0.15) is 13.2 Å². The molecule has 1 nitrogen and oxygen atoms in total. The minimum atomic E-state index is -4.33. The molecule has 2 aromatic rings. The molecule has 0 N–H and O–H groups in total. The maximum atomic E-state index is 12.9. The summed E-state index contributed by atoms with van der Waals surface area (Å²) in [6, 6.07) is 7.40. The number of nitrogens with zero attached hydrogens (tertiary/aromatic N) is 1. The van der Waals surface area contributed by atoms with E-state index in [9.17, 15) is 13.2 Å². The van der Waals surface area contributed by atoms with Crippen LogP contribution in [0.4, 0.5) is 13.2 Å². The Morgan fingerprint density at radius 2 is 1.65 bits per heavy atom. The minimum absolute atomic E-state index is 0.172. The van der Waals surface area contributed by atoms with Gasteiger partial charge in [-0.1, -0.05) is 12.1 Å². The Hall–Kier alpha value is -1.71. The van der Waals surface area contributed by atoms with Crippen molar-refractivity contribution >= 4 is 0 Å². The summed E-state index contributed by atoms with van der Waals surface area (Å²) in [6.07, 6.45) is -2.67. The zero-order valence-corrected chi connectivity index (χ0v) is 9.55. The van der Waals surface area contributed by atoms with Crippen molar-refractivity contribution in [1.29, 1.82) is 0 Å². The molecule has 0 aliphatic rings. The van der Waals surface area contributed by atoms with Crippen LogP contribution in [0.2, 0.25) is 0 Å². The SMILES string of the molecule is Cc1ccn(-c2ccccc2C(F)(F)F)c1C. The van der Waals surface area contributed by atoms with Crippen molar-refractivity contribution in [2.75, 3.05) is 0 Å². The maximum absolute atomic E-state index is 12.9. The van der Waals surface area contributed by atoms with E-state index in [1.807, 2.05) is 19.9 Å². The molecular weight excluding hydrogens is 227 g/mol. The molecule has 0 aliphatic heterocycles. The predicted molar refractivity (Wildman–Crippen MR) is 60.2 cm³/mol. The molecule has 0 fully saturated rings. The van der Waals surface area contributed by atoms with Crippen LogP contribution in [0.5, 0.6) is 0 Å². The van der Waals surface area contributed by atoms with E-state index in [0.29, 0.717) is 0 Å². The Labute approximate surface area is 97.5 Å². The number of halogens is 3. The molecule has 1 aromatic carbocycles. The van der Waals surface area contributed by atoms with Gasteiger partial charge in [-0.25, -0.2) is 0 Å². The highest BCUT2D eigenvalue weighted by Crippen LogP contribution is 2.34. The van der Waals surface area contributed by atoms with Gasteiger partial charge in [0.05, 0.1) is 11.3 Å². The molecule has 1 heterocycles. The molecule has 90 valence electrons. The first-order valence-corrected chi connectivity index (χ1v) is 5.22. The highest BCUT2D eigenvalue weighted by atomic mass is 19.4. The van der Waals surface area contributed by atoms with E-state index in [0.717, 1.165) is 17.3 Å². The summed E-state index contributed by atoms with van der Waals surface area (Å²) in [6.45, 7) is 3.69. The summed E-state index contributed by atoms with van der Waals surface area (Å²) in [5, 5.41) is 0. The number of hydrogen-bond donors (Lipinski definition) is 0. The minimum Gasteiger partial charge on any atom is -0.320 e. The van der Waals surface area contributed by atoms with Crippen molar-refractivity contribution in [2.45, 2.75) is 20.0 Å². The van der Waals surface area contributed by atoms with Gasteiger partial charge in [0.2, 0.25) is 0 Å². The first-order chi connectivity index (χ1) is 7.91. The van der Waals surface area contributed by atoms with E-state index in [-0.39, 0.29) is 5.69 Å². The van der Waals surface area contributed by atoms with Crippen molar-refractivity contribution < 1.29 is 13.2 Å². The first kappa shape index (κ1) is 11.8. The normalized spacial score (nSPS) is 11.8. The van der Waals surface area contributed by atoms with E-state index in [4.69, 9.17) is 0 Å². The highest BCUT2D eigenvalue weighted by molar-refractivity contribution is 5.45. The Bertz CT molecular complexity index is 538. The standard InChI is InChI=1S/C13H12F3N/c1-9-7-8-17(10(9)2)12-6-4-3-5-11(12)13(14,15)16/h3-8H,1-2H3. The number of hydrogen-bond acceptors (Lipinski definition) is 0. The second-order valence-electron chi connectivity index (χ2n) is 3.97. The Balaban J connectivity index is 2.64. The van der Waals surface area contributed by atoms with E-state index >= 15 is 0 Å². The van der Waals surface area contributed by atoms with Crippen LogP contribution in [-0.2, 0) is 6.18 Å². The molecule has 0 spiro atoms. The van der Waals surface area contributed by atoms with Gasteiger partial charge in [-0.3, -0.25) is 0 Å².